The monoisotopic (exact) mass is 357 g/mol. The molecule has 0 aliphatic rings. The predicted octanol–water partition coefficient (Wildman–Crippen LogP) is 5.34. The maximum Gasteiger partial charge on any atom is 0.0731 e. The van der Waals surface area contributed by atoms with Gasteiger partial charge in [0.15, 0.2) is 0 Å². The summed E-state index contributed by atoms with van der Waals surface area (Å²) in [5, 5.41) is 3.61. The molecule has 1 N–H and O–H groups in total. The topological polar surface area (TPSA) is 12.0 Å². The molecule has 0 saturated carbocycles. The number of nitrogens with one attached hydrogen (secondary N) is 1. The summed E-state index contributed by atoms with van der Waals surface area (Å²) in [5.41, 5.74) is 1.34. The summed E-state index contributed by atoms with van der Waals surface area (Å²) in [6, 6.07) is 7.28. The highest BCUT2D eigenvalue weighted by molar-refractivity contribution is 9.11. The molecule has 19 heavy (non-hydrogen) atoms. The Balaban J connectivity index is 2.15. The molecular weight excluding hydrogens is 338 g/mol. The number of hydrogen-bond donors (Lipinski definition) is 1. The molecule has 0 spiro atoms. The Morgan fingerprint density at radius 1 is 1.21 bits per heavy atom. The van der Waals surface area contributed by atoms with Gasteiger partial charge in [-0.1, -0.05) is 13.8 Å². The molecule has 1 unspecified atom stereocenters. The third kappa shape index (κ3) is 3.91. The summed E-state index contributed by atoms with van der Waals surface area (Å²) in [6.07, 6.45) is 2.23. The first-order valence-electron chi connectivity index (χ1n) is 6.70. The van der Waals surface area contributed by atoms with E-state index in [9.17, 15) is 0 Å². The summed E-state index contributed by atoms with van der Waals surface area (Å²) >= 11 is 7.43. The number of thiophene rings is 2. The highest BCUT2D eigenvalue weighted by atomic mass is 79.9. The maximum absolute atomic E-state index is 3.63. The smallest absolute Gasteiger partial charge is 0.0731 e. The van der Waals surface area contributed by atoms with Gasteiger partial charge in [0, 0.05) is 27.1 Å². The van der Waals surface area contributed by atoms with Gasteiger partial charge in [-0.2, -0.15) is 0 Å². The normalized spacial score (nSPS) is 12.8. The van der Waals surface area contributed by atoms with Gasteiger partial charge < -0.3 is 5.32 Å². The van der Waals surface area contributed by atoms with Gasteiger partial charge in [0.25, 0.3) is 0 Å². The molecule has 1 atom stereocenters. The van der Waals surface area contributed by atoms with E-state index in [1.165, 1.54) is 24.0 Å². The van der Waals surface area contributed by atoms with Crippen molar-refractivity contribution in [1.82, 2.24) is 5.32 Å². The number of aryl methyl sites for hydroxylation is 2. The van der Waals surface area contributed by atoms with Crippen molar-refractivity contribution in [2.45, 2.75) is 39.7 Å². The second kappa shape index (κ2) is 7.02. The zero-order valence-corrected chi connectivity index (χ0v) is 14.8. The van der Waals surface area contributed by atoms with E-state index in [4.69, 9.17) is 0 Å². The summed E-state index contributed by atoms with van der Waals surface area (Å²) in [5.74, 6) is 0. The average Bonchev–Trinajstić information content (AvgIpc) is 2.97. The minimum atomic E-state index is 0.434. The van der Waals surface area contributed by atoms with Crippen LogP contribution < -0.4 is 5.32 Å². The molecule has 0 aliphatic carbocycles. The number of halogens is 1. The molecule has 0 fully saturated rings. The number of rotatable bonds is 6. The Morgan fingerprint density at radius 2 is 1.95 bits per heavy atom. The molecule has 1 nitrogen and oxygen atoms in total. The number of likely N-dealkylation sites (N-methyl/N-ethyl adjacent to an activating group) is 1. The summed E-state index contributed by atoms with van der Waals surface area (Å²) < 4.78 is 1.26. The lowest BCUT2D eigenvalue weighted by molar-refractivity contribution is 0.561. The highest BCUT2D eigenvalue weighted by Crippen LogP contribution is 2.33. The molecule has 4 heteroatoms. The second-order valence-electron chi connectivity index (χ2n) is 4.64. The SMILES string of the molecule is CCNC(Cc1ccc(CC)s1)c1cc(C)c(Br)s1. The Morgan fingerprint density at radius 3 is 2.47 bits per heavy atom. The van der Waals surface area contributed by atoms with Crippen LogP contribution in [0, 0.1) is 6.92 Å². The van der Waals surface area contributed by atoms with Crippen LogP contribution in [0.1, 0.15) is 40.1 Å². The van der Waals surface area contributed by atoms with Gasteiger partial charge in [-0.15, -0.1) is 22.7 Å². The molecule has 104 valence electrons. The molecular formula is C15H20BrNS2. The van der Waals surface area contributed by atoms with Crippen molar-refractivity contribution in [2.75, 3.05) is 6.54 Å². The minimum Gasteiger partial charge on any atom is -0.309 e. The van der Waals surface area contributed by atoms with E-state index in [0.717, 1.165) is 19.4 Å². The summed E-state index contributed by atoms with van der Waals surface area (Å²) in [4.78, 5) is 4.39. The van der Waals surface area contributed by atoms with Crippen LogP contribution in [0.15, 0.2) is 22.0 Å². The molecule has 0 aromatic carbocycles. The first-order chi connectivity index (χ1) is 9.13. The first kappa shape index (κ1) is 15.2. The first-order valence-corrected chi connectivity index (χ1v) is 9.13. The molecule has 2 heterocycles. The van der Waals surface area contributed by atoms with Crippen LogP contribution in [0.5, 0.6) is 0 Å². The Bertz CT molecular complexity index is 510. The molecule has 0 radical (unpaired) electrons. The van der Waals surface area contributed by atoms with Crippen molar-refractivity contribution in [3.63, 3.8) is 0 Å². The van der Waals surface area contributed by atoms with Gasteiger partial charge in [0.2, 0.25) is 0 Å². The van der Waals surface area contributed by atoms with Crippen LogP contribution in [0.3, 0.4) is 0 Å². The van der Waals surface area contributed by atoms with Gasteiger partial charge in [-0.05, 0) is 59.6 Å². The van der Waals surface area contributed by atoms with Crippen molar-refractivity contribution in [2.24, 2.45) is 0 Å². The van der Waals surface area contributed by atoms with E-state index < -0.39 is 0 Å². The fourth-order valence-corrected chi connectivity index (χ4v) is 4.75. The molecule has 2 rings (SSSR count). The Labute approximate surface area is 132 Å². The minimum absolute atomic E-state index is 0.434. The van der Waals surface area contributed by atoms with E-state index in [0.29, 0.717) is 6.04 Å². The van der Waals surface area contributed by atoms with Gasteiger partial charge in [0.05, 0.1) is 3.79 Å². The molecule has 0 saturated heterocycles. The lowest BCUT2D eigenvalue weighted by atomic mass is 10.1. The number of hydrogen-bond acceptors (Lipinski definition) is 3. The molecule has 0 aliphatic heterocycles. The lowest BCUT2D eigenvalue weighted by Crippen LogP contribution is -2.21. The zero-order valence-electron chi connectivity index (χ0n) is 11.6. The predicted molar refractivity (Wildman–Crippen MR) is 90.6 cm³/mol. The summed E-state index contributed by atoms with van der Waals surface area (Å²) in [6.45, 7) is 7.56. The Kier molecular flexibility index (Phi) is 5.63. The van der Waals surface area contributed by atoms with Crippen LogP contribution in [-0.4, -0.2) is 6.54 Å². The molecule has 2 aromatic rings. The van der Waals surface area contributed by atoms with Crippen LogP contribution in [0.4, 0.5) is 0 Å². The van der Waals surface area contributed by atoms with E-state index in [2.05, 4.69) is 60.2 Å². The van der Waals surface area contributed by atoms with Gasteiger partial charge >= 0.3 is 0 Å². The van der Waals surface area contributed by atoms with Crippen LogP contribution >= 0.6 is 38.6 Å². The fraction of sp³-hybridized carbons (Fsp3) is 0.467. The van der Waals surface area contributed by atoms with E-state index in [1.54, 1.807) is 0 Å². The van der Waals surface area contributed by atoms with E-state index >= 15 is 0 Å². The summed E-state index contributed by atoms with van der Waals surface area (Å²) in [7, 11) is 0. The quantitative estimate of drug-likeness (QED) is 0.735. The van der Waals surface area contributed by atoms with Crippen LogP contribution in [-0.2, 0) is 12.8 Å². The lowest BCUT2D eigenvalue weighted by Gasteiger charge is -2.15. The third-order valence-electron chi connectivity index (χ3n) is 3.14. The second-order valence-corrected chi connectivity index (χ2v) is 8.30. The van der Waals surface area contributed by atoms with Crippen LogP contribution in [0.2, 0.25) is 0 Å². The standard InChI is InChI=1S/C15H20BrNS2/c1-4-11-6-7-12(18-11)9-13(17-5-2)14-8-10(3)15(16)19-14/h6-8,13,17H,4-5,9H2,1-3H3. The Hall–Kier alpha value is -0.160. The van der Waals surface area contributed by atoms with Crippen molar-refractivity contribution >= 4 is 38.6 Å². The van der Waals surface area contributed by atoms with Crippen molar-refractivity contribution in [3.05, 3.63) is 42.2 Å². The molecule has 2 aromatic heterocycles. The zero-order chi connectivity index (χ0) is 13.8. The van der Waals surface area contributed by atoms with Crippen molar-refractivity contribution < 1.29 is 0 Å². The highest BCUT2D eigenvalue weighted by Gasteiger charge is 2.16. The average molecular weight is 358 g/mol. The maximum atomic E-state index is 3.63. The van der Waals surface area contributed by atoms with E-state index in [1.807, 2.05) is 22.7 Å². The van der Waals surface area contributed by atoms with Gasteiger partial charge in [0.1, 0.15) is 0 Å². The van der Waals surface area contributed by atoms with E-state index in [-0.39, 0.29) is 0 Å². The largest absolute Gasteiger partial charge is 0.309 e. The van der Waals surface area contributed by atoms with Crippen molar-refractivity contribution in [3.8, 4) is 0 Å². The third-order valence-corrected chi connectivity index (χ3v) is 6.64. The molecule has 0 bridgehead atoms. The van der Waals surface area contributed by atoms with Gasteiger partial charge in [-0.25, -0.2) is 0 Å². The van der Waals surface area contributed by atoms with Gasteiger partial charge in [-0.3, -0.25) is 0 Å². The fourth-order valence-electron chi connectivity index (χ4n) is 2.10. The molecule has 0 amide bonds. The van der Waals surface area contributed by atoms with Crippen LogP contribution in [0.25, 0.3) is 0 Å². The van der Waals surface area contributed by atoms with Crippen molar-refractivity contribution in [1.29, 1.82) is 0 Å².